The van der Waals surface area contributed by atoms with E-state index in [1.165, 1.54) is 29.7 Å². The molecular formula is C19H15NO6S2. The van der Waals surface area contributed by atoms with E-state index in [9.17, 15) is 23.4 Å². The van der Waals surface area contributed by atoms with Gasteiger partial charge < -0.3 is 15.3 Å². The lowest BCUT2D eigenvalue weighted by molar-refractivity contribution is -0.136. The van der Waals surface area contributed by atoms with Gasteiger partial charge in [-0.2, -0.15) is 0 Å². The molecule has 0 aliphatic carbocycles. The van der Waals surface area contributed by atoms with E-state index in [-0.39, 0.29) is 23.3 Å². The van der Waals surface area contributed by atoms with Crippen LogP contribution in [0.15, 0.2) is 52.9 Å². The maximum absolute atomic E-state index is 13.4. The zero-order valence-corrected chi connectivity index (χ0v) is 16.0. The Balaban J connectivity index is 1.97. The number of hydrogen-bond acceptors (Lipinski definition) is 6. The summed E-state index contributed by atoms with van der Waals surface area (Å²) in [6.07, 6.45) is 1.25. The standard InChI is InChI=1S/C19H15NO6S2/c21-15-7-13-11(5-6-19(23)24)9-20(14(13)8-16(15)22)28(25,26)18-10-27-17-4-2-1-3-12(17)18/h1-4,7-10,21-22H,5-6H2,(H,23,24). The molecule has 0 atom stereocenters. The first kappa shape index (κ1) is 18.3. The maximum Gasteiger partial charge on any atom is 0.303 e. The molecular weight excluding hydrogens is 402 g/mol. The summed E-state index contributed by atoms with van der Waals surface area (Å²) in [6, 6.07) is 9.55. The number of aromatic nitrogens is 1. The third-order valence-electron chi connectivity index (χ3n) is 4.54. The van der Waals surface area contributed by atoms with Crippen LogP contribution in [0.2, 0.25) is 0 Å². The number of carboxylic acids is 1. The van der Waals surface area contributed by atoms with Crippen LogP contribution < -0.4 is 0 Å². The van der Waals surface area contributed by atoms with E-state index in [2.05, 4.69) is 0 Å². The Bertz CT molecular complexity index is 1330. The molecule has 0 spiro atoms. The highest BCUT2D eigenvalue weighted by atomic mass is 32.2. The largest absolute Gasteiger partial charge is 0.504 e. The van der Waals surface area contributed by atoms with Gasteiger partial charge in [-0.15, -0.1) is 11.3 Å². The van der Waals surface area contributed by atoms with Crippen LogP contribution in [-0.4, -0.2) is 33.7 Å². The second-order valence-corrected chi connectivity index (χ2v) is 9.00. The summed E-state index contributed by atoms with van der Waals surface area (Å²) in [5.74, 6) is -1.88. The summed E-state index contributed by atoms with van der Waals surface area (Å²) in [7, 11) is -4.01. The van der Waals surface area contributed by atoms with Crippen molar-refractivity contribution >= 4 is 48.3 Å². The molecule has 0 fully saturated rings. The molecule has 0 amide bonds. The SMILES string of the molecule is O=C(O)CCc1cn(S(=O)(=O)c2csc3ccccc23)c2cc(O)c(O)cc12. The zero-order valence-electron chi connectivity index (χ0n) is 14.4. The van der Waals surface area contributed by atoms with Gasteiger partial charge in [0.1, 0.15) is 4.90 Å². The number of phenolic OH excluding ortho intramolecular Hbond substituents is 2. The van der Waals surface area contributed by atoms with E-state index >= 15 is 0 Å². The molecule has 4 aromatic rings. The molecule has 28 heavy (non-hydrogen) atoms. The van der Waals surface area contributed by atoms with Gasteiger partial charge in [-0.1, -0.05) is 18.2 Å². The van der Waals surface area contributed by atoms with Gasteiger partial charge in [0.2, 0.25) is 0 Å². The molecule has 2 aromatic heterocycles. The van der Waals surface area contributed by atoms with Gasteiger partial charge in [0, 0.05) is 39.5 Å². The Morgan fingerprint density at radius 3 is 2.54 bits per heavy atom. The summed E-state index contributed by atoms with van der Waals surface area (Å²) in [5, 5.41) is 31.2. The lowest BCUT2D eigenvalue weighted by atomic mass is 10.1. The van der Waals surface area contributed by atoms with E-state index < -0.39 is 27.5 Å². The second kappa shape index (κ2) is 6.54. The quantitative estimate of drug-likeness (QED) is 0.428. The Morgan fingerprint density at radius 2 is 1.79 bits per heavy atom. The Morgan fingerprint density at radius 1 is 1.07 bits per heavy atom. The van der Waals surface area contributed by atoms with Gasteiger partial charge in [0.05, 0.1) is 5.52 Å². The number of fused-ring (bicyclic) bond motifs is 2. The molecule has 0 aliphatic heterocycles. The monoisotopic (exact) mass is 417 g/mol. The third kappa shape index (κ3) is 2.88. The first-order valence-electron chi connectivity index (χ1n) is 8.28. The molecule has 0 radical (unpaired) electrons. The molecule has 3 N–H and O–H groups in total. The Hall–Kier alpha value is -3.04. The van der Waals surface area contributed by atoms with Gasteiger partial charge in [0.15, 0.2) is 11.5 Å². The molecule has 144 valence electrons. The van der Waals surface area contributed by atoms with Crippen molar-refractivity contribution in [2.75, 3.05) is 0 Å². The van der Waals surface area contributed by atoms with Crippen LogP contribution >= 0.6 is 11.3 Å². The second-order valence-electron chi connectivity index (χ2n) is 6.30. The normalized spacial score (nSPS) is 12.0. The van der Waals surface area contributed by atoms with Gasteiger partial charge in [0.25, 0.3) is 10.0 Å². The third-order valence-corrected chi connectivity index (χ3v) is 7.37. The van der Waals surface area contributed by atoms with Crippen LogP contribution in [0.3, 0.4) is 0 Å². The number of nitrogens with zero attached hydrogens (tertiary/aromatic N) is 1. The van der Waals surface area contributed by atoms with Crippen molar-refractivity contribution in [1.29, 1.82) is 0 Å². The maximum atomic E-state index is 13.4. The highest BCUT2D eigenvalue weighted by molar-refractivity contribution is 7.90. The van der Waals surface area contributed by atoms with Gasteiger partial charge >= 0.3 is 5.97 Å². The zero-order chi connectivity index (χ0) is 20.1. The van der Waals surface area contributed by atoms with Crippen molar-refractivity contribution in [3.8, 4) is 11.5 Å². The molecule has 0 aliphatic rings. The van der Waals surface area contributed by atoms with Crippen LogP contribution in [0.4, 0.5) is 0 Å². The van der Waals surface area contributed by atoms with E-state index in [1.54, 1.807) is 17.5 Å². The predicted molar refractivity (Wildman–Crippen MR) is 106 cm³/mol. The minimum atomic E-state index is -4.01. The molecule has 7 nitrogen and oxygen atoms in total. The summed E-state index contributed by atoms with van der Waals surface area (Å²) in [6.45, 7) is 0. The molecule has 0 bridgehead atoms. The fourth-order valence-electron chi connectivity index (χ4n) is 3.18. The van der Waals surface area contributed by atoms with E-state index in [4.69, 9.17) is 5.11 Å². The first-order chi connectivity index (χ1) is 13.3. The fraction of sp³-hybridized carbons (Fsp3) is 0.105. The number of hydrogen-bond donors (Lipinski definition) is 3. The van der Waals surface area contributed by atoms with Crippen LogP contribution in [0.1, 0.15) is 12.0 Å². The topological polar surface area (TPSA) is 117 Å². The van der Waals surface area contributed by atoms with Crippen molar-refractivity contribution in [1.82, 2.24) is 3.97 Å². The van der Waals surface area contributed by atoms with Gasteiger partial charge in [-0.25, -0.2) is 12.4 Å². The number of benzene rings is 2. The summed E-state index contributed by atoms with van der Waals surface area (Å²) in [5.41, 5.74) is 0.627. The van der Waals surface area contributed by atoms with Crippen molar-refractivity contribution in [2.24, 2.45) is 0 Å². The molecule has 4 rings (SSSR count). The van der Waals surface area contributed by atoms with Crippen molar-refractivity contribution in [3.63, 3.8) is 0 Å². The van der Waals surface area contributed by atoms with Crippen molar-refractivity contribution in [2.45, 2.75) is 17.7 Å². The fourth-order valence-corrected chi connectivity index (χ4v) is 6.05. The number of thiophene rings is 1. The molecule has 0 saturated carbocycles. The lowest BCUT2D eigenvalue weighted by Crippen LogP contribution is -2.11. The van der Waals surface area contributed by atoms with Crippen LogP contribution in [-0.2, 0) is 21.2 Å². The highest BCUT2D eigenvalue weighted by Crippen LogP contribution is 2.37. The number of phenols is 2. The number of carboxylic acid groups (broad SMARTS) is 1. The first-order valence-corrected chi connectivity index (χ1v) is 10.6. The average molecular weight is 417 g/mol. The summed E-state index contributed by atoms with van der Waals surface area (Å²) < 4.78 is 28.6. The molecule has 9 heteroatoms. The van der Waals surface area contributed by atoms with Gasteiger partial charge in [-0.05, 0) is 24.1 Å². The number of aliphatic carboxylic acids is 1. The van der Waals surface area contributed by atoms with Crippen molar-refractivity contribution in [3.05, 3.63) is 53.5 Å². The molecule has 0 unspecified atom stereocenters. The van der Waals surface area contributed by atoms with Crippen LogP contribution in [0.25, 0.3) is 21.0 Å². The van der Waals surface area contributed by atoms with Gasteiger partial charge in [-0.3, -0.25) is 4.79 Å². The predicted octanol–water partition coefficient (Wildman–Crippen LogP) is 3.52. The summed E-state index contributed by atoms with van der Waals surface area (Å²) in [4.78, 5) is 11.1. The Labute approximate surface area is 163 Å². The van der Waals surface area contributed by atoms with Crippen LogP contribution in [0.5, 0.6) is 11.5 Å². The number of rotatable bonds is 5. The Kier molecular flexibility index (Phi) is 4.28. The summed E-state index contributed by atoms with van der Waals surface area (Å²) >= 11 is 1.31. The van der Waals surface area contributed by atoms with Crippen molar-refractivity contribution < 1.29 is 28.5 Å². The molecule has 2 aromatic carbocycles. The van der Waals surface area contributed by atoms with Crippen LogP contribution in [0, 0.1) is 0 Å². The van der Waals surface area contributed by atoms with E-state index in [1.807, 2.05) is 12.1 Å². The molecule has 0 saturated heterocycles. The number of aromatic hydroxyl groups is 2. The lowest BCUT2D eigenvalue weighted by Gasteiger charge is -2.07. The minimum absolute atomic E-state index is 0.0863. The minimum Gasteiger partial charge on any atom is -0.504 e. The average Bonchev–Trinajstić information content (AvgIpc) is 3.23. The number of aryl methyl sites for hydroxylation is 1. The number of carbonyl (C=O) groups is 1. The smallest absolute Gasteiger partial charge is 0.303 e. The van der Waals surface area contributed by atoms with E-state index in [0.717, 1.165) is 8.67 Å². The highest BCUT2D eigenvalue weighted by Gasteiger charge is 2.25. The van der Waals surface area contributed by atoms with E-state index in [0.29, 0.717) is 16.3 Å². The molecule has 2 heterocycles.